The molecule has 0 aromatic carbocycles. The van der Waals surface area contributed by atoms with E-state index < -0.39 is 0 Å². The lowest BCUT2D eigenvalue weighted by Crippen LogP contribution is -2.21. The van der Waals surface area contributed by atoms with Crippen molar-refractivity contribution in [3.63, 3.8) is 0 Å². The minimum absolute atomic E-state index is 0.232. The predicted octanol–water partition coefficient (Wildman–Crippen LogP) is 3.32. The Bertz CT molecular complexity index is 376. The molecule has 88 valence electrons. The van der Waals surface area contributed by atoms with Crippen LogP contribution in [0, 0.1) is 13.8 Å². The fraction of sp³-hybridized carbons (Fsp3) is 0.500. The van der Waals surface area contributed by atoms with Gasteiger partial charge in [0.05, 0.1) is 11.7 Å². The molecule has 1 unspecified atom stereocenters. The molecule has 1 N–H and O–H groups in total. The number of rotatable bonds is 4. The lowest BCUT2D eigenvalue weighted by atomic mass is 10.0. The van der Waals surface area contributed by atoms with Crippen LogP contribution >= 0.6 is 0 Å². The minimum Gasteiger partial charge on any atom is -0.306 e. The standard InChI is InChI=1S/C14H22N2/c1-6-15-13(7-10(2)3)14-12(5)8-11(4)9-16-14/h7-9,13,15H,6H2,1-5H3. The van der Waals surface area contributed by atoms with Gasteiger partial charge in [-0.3, -0.25) is 4.98 Å². The van der Waals surface area contributed by atoms with Crippen molar-refractivity contribution in [1.82, 2.24) is 10.3 Å². The molecule has 0 radical (unpaired) electrons. The van der Waals surface area contributed by atoms with E-state index in [1.807, 2.05) is 6.20 Å². The van der Waals surface area contributed by atoms with Crippen LogP contribution in [0.5, 0.6) is 0 Å². The summed E-state index contributed by atoms with van der Waals surface area (Å²) in [5, 5.41) is 3.45. The molecule has 0 spiro atoms. The van der Waals surface area contributed by atoms with Crippen LogP contribution in [-0.4, -0.2) is 11.5 Å². The zero-order valence-corrected chi connectivity index (χ0v) is 11.0. The van der Waals surface area contributed by atoms with Crippen LogP contribution in [0.3, 0.4) is 0 Å². The Kier molecular flexibility index (Phi) is 4.69. The van der Waals surface area contributed by atoms with Gasteiger partial charge in [-0.25, -0.2) is 0 Å². The first kappa shape index (κ1) is 12.9. The third-order valence-electron chi connectivity index (χ3n) is 2.47. The summed E-state index contributed by atoms with van der Waals surface area (Å²) in [5.74, 6) is 0. The Morgan fingerprint density at radius 1 is 1.44 bits per heavy atom. The van der Waals surface area contributed by atoms with Crippen molar-refractivity contribution in [2.75, 3.05) is 6.54 Å². The van der Waals surface area contributed by atoms with Crippen LogP contribution in [0.25, 0.3) is 0 Å². The summed E-state index contributed by atoms with van der Waals surface area (Å²) in [4.78, 5) is 4.54. The predicted molar refractivity (Wildman–Crippen MR) is 69.6 cm³/mol. The van der Waals surface area contributed by atoms with Crippen molar-refractivity contribution < 1.29 is 0 Å². The van der Waals surface area contributed by atoms with E-state index in [9.17, 15) is 0 Å². The average molecular weight is 218 g/mol. The van der Waals surface area contributed by atoms with Crippen LogP contribution in [0.15, 0.2) is 23.9 Å². The Balaban J connectivity index is 3.05. The minimum atomic E-state index is 0.232. The molecule has 2 heteroatoms. The zero-order valence-electron chi connectivity index (χ0n) is 11.0. The lowest BCUT2D eigenvalue weighted by Gasteiger charge is -2.16. The SMILES string of the molecule is CCNC(C=C(C)C)c1ncc(C)cc1C. The molecule has 0 bridgehead atoms. The summed E-state index contributed by atoms with van der Waals surface area (Å²) in [5.41, 5.74) is 4.92. The van der Waals surface area contributed by atoms with Crippen LogP contribution in [-0.2, 0) is 0 Å². The molecule has 0 amide bonds. The molecule has 16 heavy (non-hydrogen) atoms. The van der Waals surface area contributed by atoms with Crippen molar-refractivity contribution in [2.45, 2.75) is 40.7 Å². The van der Waals surface area contributed by atoms with Gasteiger partial charge in [0.25, 0.3) is 0 Å². The van der Waals surface area contributed by atoms with E-state index >= 15 is 0 Å². The molecule has 0 aliphatic carbocycles. The number of aryl methyl sites for hydroxylation is 2. The number of nitrogens with zero attached hydrogens (tertiary/aromatic N) is 1. The second kappa shape index (κ2) is 5.80. The van der Waals surface area contributed by atoms with E-state index in [4.69, 9.17) is 0 Å². The van der Waals surface area contributed by atoms with Crippen molar-refractivity contribution in [3.05, 3.63) is 40.7 Å². The Hall–Kier alpha value is -1.15. The molecular formula is C14H22N2. The summed E-state index contributed by atoms with van der Waals surface area (Å²) in [6, 6.07) is 2.42. The Morgan fingerprint density at radius 3 is 2.62 bits per heavy atom. The normalized spacial score (nSPS) is 12.3. The smallest absolute Gasteiger partial charge is 0.0686 e. The highest BCUT2D eigenvalue weighted by Crippen LogP contribution is 2.18. The van der Waals surface area contributed by atoms with E-state index in [-0.39, 0.29) is 6.04 Å². The molecule has 0 aliphatic rings. The van der Waals surface area contributed by atoms with Gasteiger partial charge < -0.3 is 5.32 Å². The summed E-state index contributed by atoms with van der Waals surface area (Å²) in [6.07, 6.45) is 4.17. The van der Waals surface area contributed by atoms with Crippen LogP contribution in [0.1, 0.15) is 43.6 Å². The average Bonchev–Trinajstić information content (AvgIpc) is 2.16. The molecule has 1 rings (SSSR count). The largest absolute Gasteiger partial charge is 0.306 e. The molecule has 0 aliphatic heterocycles. The number of hydrogen-bond donors (Lipinski definition) is 1. The highest BCUT2D eigenvalue weighted by Gasteiger charge is 2.11. The van der Waals surface area contributed by atoms with E-state index in [1.54, 1.807) is 0 Å². The second-order valence-corrected chi connectivity index (χ2v) is 4.49. The highest BCUT2D eigenvalue weighted by atomic mass is 14.9. The van der Waals surface area contributed by atoms with Crippen LogP contribution in [0.2, 0.25) is 0 Å². The Labute approximate surface area is 98.8 Å². The lowest BCUT2D eigenvalue weighted by molar-refractivity contribution is 0.625. The maximum Gasteiger partial charge on any atom is 0.0686 e. The van der Waals surface area contributed by atoms with E-state index in [0.717, 1.165) is 12.2 Å². The highest BCUT2D eigenvalue weighted by molar-refractivity contribution is 5.28. The molecule has 1 atom stereocenters. The second-order valence-electron chi connectivity index (χ2n) is 4.49. The molecule has 1 aromatic heterocycles. The van der Waals surface area contributed by atoms with Crippen LogP contribution in [0.4, 0.5) is 0 Å². The molecule has 1 aromatic rings. The first-order chi connectivity index (χ1) is 7.54. The summed E-state index contributed by atoms with van der Waals surface area (Å²) < 4.78 is 0. The van der Waals surface area contributed by atoms with Gasteiger partial charge in [-0.15, -0.1) is 0 Å². The van der Waals surface area contributed by atoms with Gasteiger partial charge in [0.1, 0.15) is 0 Å². The van der Waals surface area contributed by atoms with Gasteiger partial charge in [-0.1, -0.05) is 24.6 Å². The third kappa shape index (κ3) is 3.46. The number of aromatic nitrogens is 1. The van der Waals surface area contributed by atoms with Gasteiger partial charge in [-0.05, 0) is 45.4 Å². The summed E-state index contributed by atoms with van der Waals surface area (Å²) >= 11 is 0. The van der Waals surface area contributed by atoms with E-state index in [1.165, 1.54) is 16.7 Å². The van der Waals surface area contributed by atoms with E-state index in [2.05, 4.69) is 57.1 Å². The van der Waals surface area contributed by atoms with Crippen LogP contribution < -0.4 is 5.32 Å². The topological polar surface area (TPSA) is 24.9 Å². The fourth-order valence-corrected chi connectivity index (χ4v) is 1.84. The summed E-state index contributed by atoms with van der Waals surface area (Å²) in [7, 11) is 0. The van der Waals surface area contributed by atoms with Crippen molar-refractivity contribution in [3.8, 4) is 0 Å². The zero-order chi connectivity index (χ0) is 12.1. The van der Waals surface area contributed by atoms with Gasteiger partial charge in [-0.2, -0.15) is 0 Å². The molecule has 0 saturated carbocycles. The van der Waals surface area contributed by atoms with Crippen molar-refractivity contribution in [2.24, 2.45) is 0 Å². The summed E-state index contributed by atoms with van der Waals surface area (Å²) in [6.45, 7) is 11.5. The first-order valence-electron chi connectivity index (χ1n) is 5.86. The maximum absolute atomic E-state index is 4.54. The molecule has 1 heterocycles. The van der Waals surface area contributed by atoms with Gasteiger partial charge >= 0.3 is 0 Å². The first-order valence-corrected chi connectivity index (χ1v) is 5.86. The van der Waals surface area contributed by atoms with E-state index in [0.29, 0.717) is 0 Å². The third-order valence-corrected chi connectivity index (χ3v) is 2.47. The Morgan fingerprint density at radius 2 is 2.12 bits per heavy atom. The van der Waals surface area contributed by atoms with Crippen molar-refractivity contribution in [1.29, 1.82) is 0 Å². The molecular weight excluding hydrogens is 196 g/mol. The number of pyridine rings is 1. The molecule has 0 saturated heterocycles. The molecule has 2 nitrogen and oxygen atoms in total. The number of likely N-dealkylation sites (N-methyl/N-ethyl adjacent to an activating group) is 1. The van der Waals surface area contributed by atoms with Gasteiger partial charge in [0.15, 0.2) is 0 Å². The molecule has 0 fully saturated rings. The van der Waals surface area contributed by atoms with Gasteiger partial charge in [0, 0.05) is 6.20 Å². The number of allylic oxidation sites excluding steroid dienone is 1. The monoisotopic (exact) mass is 218 g/mol. The number of hydrogen-bond acceptors (Lipinski definition) is 2. The maximum atomic E-state index is 4.54. The quantitative estimate of drug-likeness (QED) is 0.784. The number of nitrogens with one attached hydrogen (secondary N) is 1. The van der Waals surface area contributed by atoms with Crippen molar-refractivity contribution >= 4 is 0 Å². The van der Waals surface area contributed by atoms with Gasteiger partial charge in [0.2, 0.25) is 0 Å². The fourth-order valence-electron chi connectivity index (χ4n) is 1.84.